The molecule has 0 aromatic heterocycles. The van der Waals surface area contributed by atoms with Gasteiger partial charge in [0.05, 0.1) is 6.04 Å². The Bertz CT molecular complexity index is 247. The Kier molecular flexibility index (Phi) is 5.29. The van der Waals surface area contributed by atoms with Gasteiger partial charge in [0.2, 0.25) is 0 Å². The Morgan fingerprint density at radius 1 is 1.29 bits per heavy atom. The normalized spacial score (nSPS) is 21.3. The molecule has 1 aliphatic rings. The van der Waals surface area contributed by atoms with Crippen LogP contribution < -0.4 is 11.1 Å². The lowest BCUT2D eigenvalue weighted by atomic mass is 9.83. The van der Waals surface area contributed by atoms with Crippen LogP contribution in [-0.4, -0.2) is 17.5 Å². The van der Waals surface area contributed by atoms with Crippen LogP contribution in [0.1, 0.15) is 66.2 Å². The second-order valence-corrected chi connectivity index (χ2v) is 6.26. The molecule has 3 heteroatoms. The van der Waals surface area contributed by atoms with E-state index in [1.165, 1.54) is 32.1 Å². The molecular formula is C14H29N3. The third-order valence-electron chi connectivity index (χ3n) is 3.42. The largest absolute Gasteiger partial charge is 0.370 e. The summed E-state index contributed by atoms with van der Waals surface area (Å²) in [6.07, 6.45) is 7.87. The highest BCUT2D eigenvalue weighted by Crippen LogP contribution is 2.29. The molecule has 3 N–H and O–H groups in total. The van der Waals surface area contributed by atoms with Crippen molar-refractivity contribution < 1.29 is 0 Å². The minimum Gasteiger partial charge on any atom is -0.370 e. The molecule has 1 saturated carbocycles. The third kappa shape index (κ3) is 5.42. The predicted molar refractivity (Wildman–Crippen MR) is 75.2 cm³/mol. The molecule has 3 nitrogen and oxygen atoms in total. The molecule has 0 amide bonds. The zero-order valence-electron chi connectivity index (χ0n) is 11.9. The molecule has 17 heavy (non-hydrogen) atoms. The van der Waals surface area contributed by atoms with Gasteiger partial charge in [0.15, 0.2) is 5.96 Å². The summed E-state index contributed by atoms with van der Waals surface area (Å²) in [5.74, 6) is 1.35. The van der Waals surface area contributed by atoms with E-state index in [-0.39, 0.29) is 5.54 Å². The first-order chi connectivity index (χ1) is 7.92. The second-order valence-electron chi connectivity index (χ2n) is 6.26. The van der Waals surface area contributed by atoms with Gasteiger partial charge in [0.1, 0.15) is 0 Å². The maximum atomic E-state index is 5.98. The Labute approximate surface area is 106 Å². The van der Waals surface area contributed by atoms with Gasteiger partial charge in [0, 0.05) is 5.54 Å². The molecule has 1 unspecified atom stereocenters. The van der Waals surface area contributed by atoms with Crippen LogP contribution in [-0.2, 0) is 0 Å². The van der Waals surface area contributed by atoms with Crippen molar-refractivity contribution in [2.24, 2.45) is 16.6 Å². The maximum absolute atomic E-state index is 5.98. The molecule has 0 spiro atoms. The molecule has 1 aliphatic carbocycles. The molecule has 0 aromatic rings. The molecule has 1 atom stereocenters. The van der Waals surface area contributed by atoms with Gasteiger partial charge >= 0.3 is 0 Å². The molecule has 1 fully saturated rings. The van der Waals surface area contributed by atoms with E-state index in [9.17, 15) is 0 Å². The first-order valence-electron chi connectivity index (χ1n) is 7.04. The van der Waals surface area contributed by atoms with Crippen LogP contribution in [0.25, 0.3) is 0 Å². The average Bonchev–Trinajstić information content (AvgIpc) is 2.24. The fourth-order valence-electron chi connectivity index (χ4n) is 2.64. The van der Waals surface area contributed by atoms with E-state index in [2.05, 4.69) is 38.0 Å². The van der Waals surface area contributed by atoms with E-state index in [1.54, 1.807) is 0 Å². The standard InChI is InChI=1S/C14H29N3/c1-5-12(11-9-7-6-8-10-11)16-13(15)17-14(2,3)4/h11-12H,5-10H2,1-4H3,(H3,15,16,17). The van der Waals surface area contributed by atoms with Gasteiger partial charge in [-0.25, -0.2) is 4.99 Å². The number of hydrogen-bond acceptors (Lipinski definition) is 1. The summed E-state index contributed by atoms with van der Waals surface area (Å²) in [6.45, 7) is 8.54. The summed E-state index contributed by atoms with van der Waals surface area (Å²) in [4.78, 5) is 4.69. The monoisotopic (exact) mass is 239 g/mol. The van der Waals surface area contributed by atoms with Crippen LogP contribution in [0.3, 0.4) is 0 Å². The van der Waals surface area contributed by atoms with Crippen LogP contribution in [0.2, 0.25) is 0 Å². The summed E-state index contributed by atoms with van der Waals surface area (Å²) in [7, 11) is 0. The summed E-state index contributed by atoms with van der Waals surface area (Å²) in [5.41, 5.74) is 5.98. The van der Waals surface area contributed by atoms with Crippen LogP contribution in [0, 0.1) is 5.92 Å². The lowest BCUT2D eigenvalue weighted by Gasteiger charge is -2.28. The molecule has 0 aromatic carbocycles. The molecule has 0 heterocycles. The first-order valence-corrected chi connectivity index (χ1v) is 7.04. The Balaban J connectivity index is 2.57. The molecule has 0 radical (unpaired) electrons. The molecule has 0 saturated heterocycles. The van der Waals surface area contributed by atoms with Crippen molar-refractivity contribution in [1.82, 2.24) is 5.32 Å². The number of nitrogens with one attached hydrogen (secondary N) is 1. The lowest BCUT2D eigenvalue weighted by molar-refractivity contribution is 0.300. The van der Waals surface area contributed by atoms with Crippen LogP contribution in [0.5, 0.6) is 0 Å². The van der Waals surface area contributed by atoms with Gasteiger partial charge < -0.3 is 11.1 Å². The van der Waals surface area contributed by atoms with Crippen LogP contribution in [0.4, 0.5) is 0 Å². The number of guanidine groups is 1. The summed E-state index contributed by atoms with van der Waals surface area (Å²) >= 11 is 0. The highest BCUT2D eigenvalue weighted by molar-refractivity contribution is 5.78. The van der Waals surface area contributed by atoms with Gasteiger partial charge in [-0.15, -0.1) is 0 Å². The highest BCUT2D eigenvalue weighted by Gasteiger charge is 2.22. The Hall–Kier alpha value is -0.730. The number of aliphatic imine (C=N–C) groups is 1. The fraction of sp³-hybridized carbons (Fsp3) is 0.929. The molecule has 1 rings (SSSR count). The zero-order chi connectivity index (χ0) is 12.9. The van der Waals surface area contributed by atoms with Crippen molar-refractivity contribution >= 4 is 5.96 Å². The van der Waals surface area contributed by atoms with Gasteiger partial charge in [0.25, 0.3) is 0 Å². The van der Waals surface area contributed by atoms with Crippen molar-refractivity contribution in [3.63, 3.8) is 0 Å². The quantitative estimate of drug-likeness (QED) is 0.587. The molecule has 100 valence electrons. The van der Waals surface area contributed by atoms with Crippen molar-refractivity contribution in [2.75, 3.05) is 0 Å². The number of rotatable bonds is 3. The molecular weight excluding hydrogens is 210 g/mol. The average molecular weight is 239 g/mol. The smallest absolute Gasteiger partial charge is 0.189 e. The summed E-state index contributed by atoms with van der Waals surface area (Å²) in [5, 5.41) is 3.25. The van der Waals surface area contributed by atoms with Crippen molar-refractivity contribution in [3.8, 4) is 0 Å². The Morgan fingerprint density at radius 2 is 1.88 bits per heavy atom. The van der Waals surface area contributed by atoms with E-state index in [4.69, 9.17) is 5.73 Å². The first kappa shape index (κ1) is 14.3. The Morgan fingerprint density at radius 3 is 2.35 bits per heavy atom. The van der Waals surface area contributed by atoms with Crippen molar-refractivity contribution in [1.29, 1.82) is 0 Å². The van der Waals surface area contributed by atoms with E-state index in [0.717, 1.165) is 12.3 Å². The molecule has 0 aliphatic heterocycles. The second kappa shape index (κ2) is 6.27. The van der Waals surface area contributed by atoms with E-state index >= 15 is 0 Å². The molecule has 0 bridgehead atoms. The fourth-order valence-corrected chi connectivity index (χ4v) is 2.64. The van der Waals surface area contributed by atoms with Crippen molar-refractivity contribution in [2.45, 2.75) is 77.8 Å². The maximum Gasteiger partial charge on any atom is 0.189 e. The van der Waals surface area contributed by atoms with Gasteiger partial charge in [-0.3, -0.25) is 0 Å². The third-order valence-corrected chi connectivity index (χ3v) is 3.42. The summed E-state index contributed by atoms with van der Waals surface area (Å²) < 4.78 is 0. The van der Waals surface area contributed by atoms with Crippen LogP contribution >= 0.6 is 0 Å². The summed E-state index contributed by atoms with van der Waals surface area (Å²) in [6, 6.07) is 0.408. The van der Waals surface area contributed by atoms with E-state index in [1.807, 2.05) is 0 Å². The minimum atomic E-state index is -0.00155. The van der Waals surface area contributed by atoms with Gasteiger partial charge in [-0.2, -0.15) is 0 Å². The van der Waals surface area contributed by atoms with Crippen molar-refractivity contribution in [3.05, 3.63) is 0 Å². The number of hydrogen-bond donors (Lipinski definition) is 2. The van der Waals surface area contributed by atoms with Crippen LogP contribution in [0.15, 0.2) is 4.99 Å². The lowest BCUT2D eigenvalue weighted by Crippen LogP contribution is -2.45. The van der Waals surface area contributed by atoms with Gasteiger partial charge in [-0.1, -0.05) is 26.2 Å². The van der Waals surface area contributed by atoms with E-state index < -0.39 is 0 Å². The van der Waals surface area contributed by atoms with Gasteiger partial charge in [-0.05, 0) is 46.0 Å². The predicted octanol–water partition coefficient (Wildman–Crippen LogP) is 3.05. The minimum absolute atomic E-state index is 0.00155. The topological polar surface area (TPSA) is 50.4 Å². The zero-order valence-corrected chi connectivity index (χ0v) is 11.9. The number of nitrogens with zero attached hydrogens (tertiary/aromatic N) is 1. The SMILES string of the molecule is CCC(N=C(N)NC(C)(C)C)C1CCCCC1. The van der Waals surface area contributed by atoms with E-state index in [0.29, 0.717) is 12.0 Å². The highest BCUT2D eigenvalue weighted by atomic mass is 15.1. The number of nitrogens with two attached hydrogens (primary N) is 1.